The molecule has 0 saturated heterocycles. The monoisotopic (exact) mass is 438 g/mol. The van der Waals surface area contributed by atoms with Gasteiger partial charge in [-0.05, 0) is 89.3 Å². The molecule has 3 aromatic rings. The second kappa shape index (κ2) is 8.80. The summed E-state index contributed by atoms with van der Waals surface area (Å²) in [5.74, 6) is 1.50. The van der Waals surface area contributed by atoms with Gasteiger partial charge in [0.15, 0.2) is 0 Å². The first-order valence-corrected chi connectivity index (χ1v) is 11.9. The molecule has 0 N–H and O–H groups in total. The van der Waals surface area contributed by atoms with Gasteiger partial charge in [0.05, 0.1) is 0 Å². The van der Waals surface area contributed by atoms with Crippen LogP contribution < -0.4 is 13.6 Å². The van der Waals surface area contributed by atoms with Gasteiger partial charge in [-0.1, -0.05) is 53.1 Å². The van der Waals surface area contributed by atoms with Crippen molar-refractivity contribution in [1.29, 1.82) is 0 Å². The lowest BCUT2D eigenvalue weighted by Gasteiger charge is -2.24. The highest BCUT2D eigenvalue weighted by molar-refractivity contribution is 7.49. The zero-order chi connectivity index (χ0) is 22.9. The van der Waals surface area contributed by atoms with Gasteiger partial charge in [0.2, 0.25) is 0 Å². The van der Waals surface area contributed by atoms with Crippen LogP contribution in [0.5, 0.6) is 17.2 Å². The van der Waals surface area contributed by atoms with E-state index in [4.69, 9.17) is 13.6 Å². The highest BCUT2D eigenvalue weighted by atomic mass is 31.2. The molecule has 31 heavy (non-hydrogen) atoms. The molecule has 0 unspecified atom stereocenters. The third kappa shape index (κ3) is 5.32. The van der Waals surface area contributed by atoms with Crippen LogP contribution in [0.2, 0.25) is 0 Å². The Bertz CT molecular complexity index is 1070. The van der Waals surface area contributed by atoms with Crippen molar-refractivity contribution in [3.63, 3.8) is 0 Å². The second-order valence-electron chi connectivity index (χ2n) is 8.45. The zero-order valence-corrected chi connectivity index (χ0v) is 20.5. The fourth-order valence-corrected chi connectivity index (χ4v) is 5.50. The number of phosphoric acid groups is 1. The maximum atomic E-state index is 14.1. The van der Waals surface area contributed by atoms with Crippen LogP contribution in [-0.2, 0) is 4.57 Å². The highest BCUT2D eigenvalue weighted by Gasteiger charge is 2.36. The Morgan fingerprint density at radius 2 is 0.903 bits per heavy atom. The Kier molecular flexibility index (Phi) is 6.52. The van der Waals surface area contributed by atoms with Crippen molar-refractivity contribution in [2.75, 3.05) is 0 Å². The van der Waals surface area contributed by atoms with E-state index in [9.17, 15) is 4.57 Å². The quantitative estimate of drug-likeness (QED) is 0.368. The van der Waals surface area contributed by atoms with Crippen molar-refractivity contribution in [3.8, 4) is 17.2 Å². The van der Waals surface area contributed by atoms with E-state index in [2.05, 4.69) is 0 Å². The van der Waals surface area contributed by atoms with E-state index >= 15 is 0 Å². The zero-order valence-electron chi connectivity index (χ0n) is 19.6. The number of aryl methyl sites for hydroxylation is 8. The molecule has 0 bridgehead atoms. The molecular weight excluding hydrogens is 407 g/mol. The van der Waals surface area contributed by atoms with Crippen molar-refractivity contribution in [1.82, 2.24) is 0 Å². The largest absolute Gasteiger partial charge is 0.647 e. The van der Waals surface area contributed by atoms with Crippen LogP contribution in [0, 0.1) is 55.4 Å². The topological polar surface area (TPSA) is 44.8 Å². The SMILES string of the molecule is Cc1ccc(OP(=O)(Oc2c(C)cc(C)cc2C)Oc2c(C)cc(C)cc2C)c(C)c1. The molecule has 0 spiro atoms. The van der Waals surface area contributed by atoms with Gasteiger partial charge in [-0.2, -0.15) is 4.57 Å². The van der Waals surface area contributed by atoms with E-state index in [1.165, 1.54) is 0 Å². The second-order valence-corrected chi connectivity index (χ2v) is 9.89. The van der Waals surface area contributed by atoms with Crippen LogP contribution in [0.15, 0.2) is 42.5 Å². The Morgan fingerprint density at radius 3 is 1.29 bits per heavy atom. The molecule has 0 radical (unpaired) electrons. The summed E-state index contributed by atoms with van der Waals surface area (Å²) in [7, 11) is -4.07. The van der Waals surface area contributed by atoms with E-state index in [0.29, 0.717) is 17.2 Å². The lowest BCUT2D eigenvalue weighted by atomic mass is 10.1. The Morgan fingerprint density at radius 1 is 0.516 bits per heavy atom. The summed E-state index contributed by atoms with van der Waals surface area (Å²) in [5, 5.41) is 0. The van der Waals surface area contributed by atoms with E-state index in [0.717, 1.165) is 44.5 Å². The maximum Gasteiger partial charge on any atom is 0.647 e. The molecule has 0 fully saturated rings. The first-order chi connectivity index (χ1) is 14.5. The number of hydrogen-bond acceptors (Lipinski definition) is 4. The van der Waals surface area contributed by atoms with E-state index in [1.54, 1.807) is 6.07 Å². The summed E-state index contributed by atoms with van der Waals surface area (Å²) in [6.07, 6.45) is 0. The summed E-state index contributed by atoms with van der Waals surface area (Å²) in [6.45, 7) is 15.7. The fraction of sp³-hybridized carbons (Fsp3) is 0.308. The summed E-state index contributed by atoms with van der Waals surface area (Å²) < 4.78 is 32.2. The van der Waals surface area contributed by atoms with Gasteiger partial charge in [0.25, 0.3) is 0 Å². The van der Waals surface area contributed by atoms with Crippen LogP contribution in [0.3, 0.4) is 0 Å². The van der Waals surface area contributed by atoms with Crippen LogP contribution in [0.4, 0.5) is 0 Å². The first kappa shape index (κ1) is 23.0. The van der Waals surface area contributed by atoms with E-state index < -0.39 is 7.82 Å². The minimum Gasteiger partial charge on any atom is -0.386 e. The lowest BCUT2D eigenvalue weighted by molar-refractivity contribution is 0.295. The molecule has 3 rings (SSSR count). The molecule has 0 aliphatic rings. The van der Waals surface area contributed by atoms with Gasteiger partial charge in [-0.25, -0.2) is 0 Å². The average Bonchev–Trinajstić information content (AvgIpc) is 2.64. The van der Waals surface area contributed by atoms with Gasteiger partial charge in [0.1, 0.15) is 17.2 Å². The molecule has 164 valence electrons. The lowest BCUT2D eigenvalue weighted by Crippen LogP contribution is -2.11. The molecule has 5 heteroatoms. The molecule has 0 aromatic heterocycles. The predicted octanol–water partition coefficient (Wildman–Crippen LogP) is 7.80. The predicted molar refractivity (Wildman–Crippen MR) is 127 cm³/mol. The number of rotatable bonds is 6. The van der Waals surface area contributed by atoms with Gasteiger partial charge >= 0.3 is 7.82 Å². The third-order valence-corrected chi connectivity index (χ3v) is 6.39. The van der Waals surface area contributed by atoms with Crippen molar-refractivity contribution in [2.45, 2.75) is 55.4 Å². The molecule has 0 aliphatic heterocycles. The minimum atomic E-state index is -4.07. The van der Waals surface area contributed by atoms with Crippen molar-refractivity contribution >= 4 is 7.82 Å². The van der Waals surface area contributed by atoms with Crippen molar-refractivity contribution in [2.24, 2.45) is 0 Å². The van der Waals surface area contributed by atoms with Gasteiger partial charge < -0.3 is 13.6 Å². The van der Waals surface area contributed by atoms with E-state index in [-0.39, 0.29) is 0 Å². The van der Waals surface area contributed by atoms with Crippen LogP contribution in [0.25, 0.3) is 0 Å². The standard InChI is InChI=1S/C26H31O4P/c1-16-9-10-24(19(4)11-16)28-31(27,29-25-20(5)12-17(2)13-21(25)6)30-26-22(7)14-18(3)15-23(26)8/h9-15H,1-8H3. The molecular formula is C26H31O4P. The molecule has 0 saturated carbocycles. The summed E-state index contributed by atoms with van der Waals surface area (Å²) in [6, 6.07) is 13.7. The van der Waals surface area contributed by atoms with Gasteiger partial charge in [-0.3, -0.25) is 0 Å². The normalized spacial score (nSPS) is 11.4. The van der Waals surface area contributed by atoms with Crippen LogP contribution >= 0.6 is 7.82 Å². The third-order valence-electron chi connectivity index (χ3n) is 5.16. The summed E-state index contributed by atoms with van der Waals surface area (Å²) in [4.78, 5) is 0. The van der Waals surface area contributed by atoms with Gasteiger partial charge in [-0.15, -0.1) is 0 Å². The van der Waals surface area contributed by atoms with Gasteiger partial charge in [0, 0.05) is 0 Å². The maximum absolute atomic E-state index is 14.1. The van der Waals surface area contributed by atoms with Crippen molar-refractivity contribution < 1.29 is 18.1 Å². The van der Waals surface area contributed by atoms with Crippen LogP contribution in [0.1, 0.15) is 44.5 Å². The average molecular weight is 439 g/mol. The first-order valence-electron chi connectivity index (χ1n) is 10.4. The summed E-state index contributed by atoms with van der Waals surface area (Å²) >= 11 is 0. The van der Waals surface area contributed by atoms with Crippen LogP contribution in [-0.4, -0.2) is 0 Å². The molecule has 3 aromatic carbocycles. The molecule has 0 amide bonds. The molecule has 0 atom stereocenters. The fourth-order valence-electron chi connectivity index (χ4n) is 3.92. The highest BCUT2D eigenvalue weighted by Crippen LogP contribution is 2.52. The Balaban J connectivity index is 2.08. The Hall–Kier alpha value is -2.71. The minimum absolute atomic E-state index is 0.471. The molecule has 0 aliphatic carbocycles. The summed E-state index contributed by atoms with van der Waals surface area (Å²) in [5.41, 5.74) is 7.69. The number of phosphoric ester groups is 1. The van der Waals surface area contributed by atoms with Crippen molar-refractivity contribution in [3.05, 3.63) is 87.0 Å². The number of hydrogen-bond donors (Lipinski definition) is 0. The number of benzene rings is 3. The smallest absolute Gasteiger partial charge is 0.386 e. The molecule has 4 nitrogen and oxygen atoms in total. The molecule has 0 heterocycles. The van der Waals surface area contributed by atoms with E-state index in [1.807, 2.05) is 91.8 Å². The Labute approximate surface area is 185 Å².